The number of esters is 2. The summed E-state index contributed by atoms with van der Waals surface area (Å²) in [6.45, 7) is 5.60. The van der Waals surface area contributed by atoms with Gasteiger partial charge in [-0.15, -0.1) is 0 Å². The van der Waals surface area contributed by atoms with Crippen molar-refractivity contribution >= 4 is 40.1 Å². The summed E-state index contributed by atoms with van der Waals surface area (Å²) < 4.78 is 13.1. The summed E-state index contributed by atoms with van der Waals surface area (Å²) in [4.78, 5) is 49.6. The first-order valence-electron chi connectivity index (χ1n) is 14.6. The fourth-order valence-corrected chi connectivity index (χ4v) is 6.75. The standard InChI is InChI=1S/C33H31ClN4O5/c1-2-33(43-29(39)11-12-36-13-15-37(16-14-36)27-10-6-4-8-25(27)34)24-18-28-30-22(17-21-7-3-5-9-26(21)35-30)19-38(28)31(40)23(24)20-42-32(33)41/h3-10,17-18H,2,11-16,19-20H2,1H3. The second kappa shape index (κ2) is 10.8. The van der Waals surface area contributed by atoms with Gasteiger partial charge in [0.05, 0.1) is 46.1 Å². The highest BCUT2D eigenvalue weighted by Crippen LogP contribution is 2.41. The van der Waals surface area contributed by atoms with Crippen LogP contribution < -0.4 is 10.5 Å². The molecule has 0 spiro atoms. The molecule has 0 aliphatic carbocycles. The minimum absolute atomic E-state index is 0.108. The van der Waals surface area contributed by atoms with Gasteiger partial charge in [0, 0.05) is 49.2 Å². The summed E-state index contributed by atoms with van der Waals surface area (Å²) in [5.41, 5.74) is 2.86. The molecule has 7 rings (SSSR count). The zero-order chi connectivity index (χ0) is 29.7. The van der Waals surface area contributed by atoms with Gasteiger partial charge in [-0.2, -0.15) is 0 Å². The van der Waals surface area contributed by atoms with Crippen molar-refractivity contribution in [3.05, 3.63) is 92.7 Å². The normalized spacial score (nSPS) is 19.5. The number of para-hydroxylation sites is 2. The Kier molecular flexibility index (Phi) is 6.94. The quantitative estimate of drug-likeness (QED) is 0.264. The molecule has 0 radical (unpaired) electrons. The number of carbonyl (C=O) groups excluding carboxylic acids is 2. The van der Waals surface area contributed by atoms with Crippen LogP contribution in [0.1, 0.15) is 36.5 Å². The van der Waals surface area contributed by atoms with E-state index in [1.165, 1.54) is 0 Å². The van der Waals surface area contributed by atoms with E-state index >= 15 is 0 Å². The van der Waals surface area contributed by atoms with Crippen LogP contribution in [0.2, 0.25) is 5.02 Å². The molecule has 3 aliphatic heterocycles. The van der Waals surface area contributed by atoms with E-state index in [9.17, 15) is 14.4 Å². The van der Waals surface area contributed by atoms with Crippen LogP contribution in [0.5, 0.6) is 0 Å². The van der Waals surface area contributed by atoms with Gasteiger partial charge in [0.1, 0.15) is 6.61 Å². The molecule has 5 heterocycles. The number of rotatable bonds is 6. The molecule has 0 amide bonds. The van der Waals surface area contributed by atoms with Gasteiger partial charge in [0.2, 0.25) is 5.60 Å². The molecule has 0 N–H and O–H groups in total. The van der Waals surface area contributed by atoms with Crippen LogP contribution in [0.25, 0.3) is 22.3 Å². The third-order valence-corrected chi connectivity index (χ3v) is 9.19. The predicted octanol–water partition coefficient (Wildman–Crippen LogP) is 4.50. The molecule has 2 aromatic heterocycles. The first-order chi connectivity index (χ1) is 20.9. The molecule has 3 aliphatic rings. The van der Waals surface area contributed by atoms with Crippen LogP contribution in [-0.2, 0) is 37.8 Å². The summed E-state index contributed by atoms with van der Waals surface area (Å²) in [5.74, 6) is -1.16. The highest BCUT2D eigenvalue weighted by Gasteiger charge is 2.50. The Morgan fingerprint density at radius 2 is 1.81 bits per heavy atom. The SMILES string of the molecule is CCC1(OC(=O)CCN2CCN(c3ccccc3Cl)CC2)C(=O)OCc2c1cc1n(c2=O)Cc2cc3ccccc3nc2-1. The summed E-state index contributed by atoms with van der Waals surface area (Å²) in [5, 5.41) is 1.72. The van der Waals surface area contributed by atoms with Crippen molar-refractivity contribution in [1.82, 2.24) is 14.5 Å². The number of benzene rings is 2. The second-order valence-corrected chi connectivity index (χ2v) is 11.7. The van der Waals surface area contributed by atoms with Crippen molar-refractivity contribution < 1.29 is 19.1 Å². The lowest BCUT2D eigenvalue weighted by Gasteiger charge is -2.37. The lowest BCUT2D eigenvalue weighted by Crippen LogP contribution is -2.49. The molecule has 1 fully saturated rings. The van der Waals surface area contributed by atoms with Gasteiger partial charge in [-0.05, 0) is 36.8 Å². The van der Waals surface area contributed by atoms with Gasteiger partial charge in [0.15, 0.2) is 0 Å². The maximum Gasteiger partial charge on any atom is 0.355 e. The van der Waals surface area contributed by atoms with E-state index in [4.69, 9.17) is 26.1 Å². The van der Waals surface area contributed by atoms with Crippen molar-refractivity contribution in [2.75, 3.05) is 37.6 Å². The van der Waals surface area contributed by atoms with Crippen molar-refractivity contribution in [2.24, 2.45) is 0 Å². The average Bonchev–Trinajstić information content (AvgIpc) is 3.38. The molecular weight excluding hydrogens is 568 g/mol. The fourth-order valence-electron chi connectivity index (χ4n) is 6.50. The van der Waals surface area contributed by atoms with Crippen molar-refractivity contribution in [3.8, 4) is 11.4 Å². The Balaban J connectivity index is 1.11. The van der Waals surface area contributed by atoms with Crippen LogP contribution in [0.3, 0.4) is 0 Å². The number of fused-ring (bicyclic) bond motifs is 5. The van der Waals surface area contributed by atoms with Gasteiger partial charge in [-0.3, -0.25) is 14.5 Å². The lowest BCUT2D eigenvalue weighted by atomic mass is 9.85. The minimum atomic E-state index is -1.69. The smallest absolute Gasteiger partial charge is 0.355 e. The number of hydrogen-bond donors (Lipinski definition) is 0. The Morgan fingerprint density at radius 1 is 1.05 bits per heavy atom. The van der Waals surface area contributed by atoms with Crippen LogP contribution in [0, 0.1) is 0 Å². The molecule has 1 unspecified atom stereocenters. The first kappa shape index (κ1) is 27.6. The number of pyridine rings is 2. The number of aromatic nitrogens is 2. The lowest BCUT2D eigenvalue weighted by molar-refractivity contribution is -0.189. The van der Waals surface area contributed by atoms with E-state index in [0.29, 0.717) is 35.6 Å². The Hall–Kier alpha value is -4.21. The van der Waals surface area contributed by atoms with E-state index in [2.05, 4.69) is 9.80 Å². The zero-order valence-electron chi connectivity index (χ0n) is 23.8. The Morgan fingerprint density at radius 3 is 2.60 bits per heavy atom. The monoisotopic (exact) mass is 598 g/mol. The number of nitrogens with zero attached hydrogens (tertiary/aromatic N) is 4. The van der Waals surface area contributed by atoms with E-state index in [0.717, 1.165) is 53.4 Å². The molecule has 0 bridgehead atoms. The number of cyclic esters (lactones) is 1. The highest BCUT2D eigenvalue weighted by molar-refractivity contribution is 6.33. The van der Waals surface area contributed by atoms with Crippen LogP contribution >= 0.6 is 11.6 Å². The van der Waals surface area contributed by atoms with Gasteiger partial charge in [-0.25, -0.2) is 9.78 Å². The number of carbonyl (C=O) groups is 2. The van der Waals surface area contributed by atoms with Crippen LogP contribution in [0.15, 0.2) is 65.5 Å². The number of anilines is 1. The molecule has 10 heteroatoms. The zero-order valence-corrected chi connectivity index (χ0v) is 24.6. The molecular formula is C33H31ClN4O5. The molecule has 43 heavy (non-hydrogen) atoms. The fraction of sp³-hybridized carbons (Fsp3) is 0.333. The van der Waals surface area contributed by atoms with Gasteiger partial charge in [0.25, 0.3) is 5.56 Å². The number of halogens is 1. The maximum absolute atomic E-state index is 13.7. The molecule has 1 atom stereocenters. The summed E-state index contributed by atoms with van der Waals surface area (Å²) in [6, 6.07) is 19.4. The highest BCUT2D eigenvalue weighted by atomic mass is 35.5. The molecule has 220 valence electrons. The van der Waals surface area contributed by atoms with Gasteiger partial charge in [-0.1, -0.05) is 48.9 Å². The van der Waals surface area contributed by atoms with E-state index in [1.807, 2.05) is 54.6 Å². The minimum Gasteiger partial charge on any atom is -0.457 e. The van der Waals surface area contributed by atoms with E-state index in [1.54, 1.807) is 17.6 Å². The van der Waals surface area contributed by atoms with Crippen LogP contribution in [0.4, 0.5) is 5.69 Å². The second-order valence-electron chi connectivity index (χ2n) is 11.3. The summed E-state index contributed by atoms with van der Waals surface area (Å²) in [7, 11) is 0. The molecule has 9 nitrogen and oxygen atoms in total. The van der Waals surface area contributed by atoms with Crippen molar-refractivity contribution in [1.29, 1.82) is 0 Å². The topological polar surface area (TPSA) is 94.0 Å². The Labute approximate surface area is 253 Å². The van der Waals surface area contributed by atoms with Crippen LogP contribution in [-0.4, -0.2) is 59.1 Å². The molecule has 0 saturated carbocycles. The molecule has 4 aromatic rings. The van der Waals surface area contributed by atoms with Gasteiger partial charge >= 0.3 is 11.9 Å². The largest absolute Gasteiger partial charge is 0.457 e. The molecule has 1 saturated heterocycles. The maximum atomic E-state index is 13.7. The molecule has 2 aromatic carbocycles. The predicted molar refractivity (Wildman–Crippen MR) is 163 cm³/mol. The Bertz CT molecular complexity index is 1830. The third kappa shape index (κ3) is 4.67. The van der Waals surface area contributed by atoms with E-state index < -0.39 is 17.5 Å². The van der Waals surface area contributed by atoms with E-state index in [-0.39, 0.29) is 25.0 Å². The number of hydrogen-bond acceptors (Lipinski definition) is 8. The third-order valence-electron chi connectivity index (χ3n) is 8.87. The first-order valence-corrected chi connectivity index (χ1v) is 15.0. The van der Waals surface area contributed by atoms with Crippen molar-refractivity contribution in [2.45, 2.75) is 38.5 Å². The van der Waals surface area contributed by atoms with Crippen molar-refractivity contribution in [3.63, 3.8) is 0 Å². The number of piperazine rings is 1. The number of ether oxygens (including phenoxy) is 2. The average molecular weight is 599 g/mol. The summed E-state index contributed by atoms with van der Waals surface area (Å²) >= 11 is 6.37. The van der Waals surface area contributed by atoms with Gasteiger partial charge < -0.3 is 18.9 Å². The summed E-state index contributed by atoms with van der Waals surface area (Å²) in [6.07, 6.45) is 0.249.